The second-order valence-corrected chi connectivity index (χ2v) is 7.79. The van der Waals surface area contributed by atoms with Gasteiger partial charge in [0.2, 0.25) is 0 Å². The van der Waals surface area contributed by atoms with E-state index >= 15 is 0 Å². The number of carbonyl (C=O) groups is 2. The van der Waals surface area contributed by atoms with Crippen molar-refractivity contribution >= 4 is 23.0 Å². The van der Waals surface area contributed by atoms with Gasteiger partial charge in [0.1, 0.15) is 18.0 Å². The maximum absolute atomic E-state index is 12.4. The van der Waals surface area contributed by atoms with Crippen molar-refractivity contribution in [2.45, 2.75) is 25.6 Å². The Kier molecular flexibility index (Phi) is 3.65. The predicted molar refractivity (Wildman–Crippen MR) is 95.5 cm³/mol. The average molecular weight is 385 g/mol. The number of benzene rings is 1. The molecule has 6 unspecified atom stereocenters. The SMILES string of the molecule is C=C(C)C(=O)OC1C2CC3C1OC(=O)C3C2COc1ccc2[nH]c(=O)oc2c1. The van der Waals surface area contributed by atoms with Gasteiger partial charge in [-0.15, -0.1) is 0 Å². The Hall–Kier alpha value is -3.03. The molecule has 3 fully saturated rings. The molecule has 0 amide bonds. The molecular formula is C20H19NO7. The Balaban J connectivity index is 1.35. The third-order valence-electron chi connectivity index (χ3n) is 6.14. The van der Waals surface area contributed by atoms with E-state index < -0.39 is 17.8 Å². The number of hydrogen-bond acceptors (Lipinski definition) is 7. The van der Waals surface area contributed by atoms with Gasteiger partial charge in [0.25, 0.3) is 0 Å². The first-order valence-electron chi connectivity index (χ1n) is 9.25. The smallest absolute Gasteiger partial charge is 0.417 e. The molecule has 28 heavy (non-hydrogen) atoms. The summed E-state index contributed by atoms with van der Waals surface area (Å²) in [7, 11) is 0. The van der Waals surface area contributed by atoms with E-state index in [-0.39, 0.29) is 42.4 Å². The highest BCUT2D eigenvalue weighted by Gasteiger charge is 2.68. The lowest BCUT2D eigenvalue weighted by atomic mass is 9.79. The maximum atomic E-state index is 12.4. The third-order valence-corrected chi connectivity index (χ3v) is 6.14. The van der Waals surface area contributed by atoms with Crippen LogP contribution in [0.2, 0.25) is 0 Å². The fourth-order valence-electron chi connectivity index (χ4n) is 4.95. The molecule has 0 spiro atoms. The zero-order valence-electron chi connectivity index (χ0n) is 15.2. The molecule has 8 nitrogen and oxygen atoms in total. The molecule has 1 aromatic carbocycles. The molecular weight excluding hydrogens is 366 g/mol. The Morgan fingerprint density at radius 3 is 2.93 bits per heavy atom. The monoisotopic (exact) mass is 385 g/mol. The number of aromatic amines is 1. The lowest BCUT2D eigenvalue weighted by Gasteiger charge is -2.31. The van der Waals surface area contributed by atoms with E-state index in [2.05, 4.69) is 11.6 Å². The van der Waals surface area contributed by atoms with Crippen LogP contribution in [0.5, 0.6) is 5.75 Å². The van der Waals surface area contributed by atoms with Crippen molar-refractivity contribution in [3.05, 3.63) is 40.9 Å². The van der Waals surface area contributed by atoms with Gasteiger partial charge in [-0.05, 0) is 25.5 Å². The number of carbonyl (C=O) groups excluding carboxylic acids is 2. The van der Waals surface area contributed by atoms with Crippen LogP contribution in [0, 0.1) is 23.7 Å². The van der Waals surface area contributed by atoms with Gasteiger partial charge in [-0.3, -0.25) is 9.78 Å². The van der Waals surface area contributed by atoms with Crippen LogP contribution in [0.15, 0.2) is 39.6 Å². The molecule has 1 N–H and O–H groups in total. The molecule has 1 aromatic heterocycles. The molecule has 2 heterocycles. The molecule has 3 aliphatic rings. The molecule has 2 bridgehead atoms. The molecule has 0 radical (unpaired) electrons. The van der Waals surface area contributed by atoms with Crippen LogP contribution in [0.1, 0.15) is 13.3 Å². The van der Waals surface area contributed by atoms with Gasteiger partial charge in [0.05, 0.1) is 18.0 Å². The highest BCUT2D eigenvalue weighted by atomic mass is 16.6. The topological polar surface area (TPSA) is 108 Å². The zero-order chi connectivity index (χ0) is 19.6. The Labute approximate surface area is 159 Å². The lowest BCUT2D eigenvalue weighted by Crippen LogP contribution is -2.42. The molecule has 1 saturated heterocycles. The van der Waals surface area contributed by atoms with Gasteiger partial charge in [-0.25, -0.2) is 9.59 Å². The number of H-pyrrole nitrogens is 1. The molecule has 2 aromatic rings. The fraction of sp³-hybridized carbons (Fsp3) is 0.450. The Morgan fingerprint density at radius 2 is 2.14 bits per heavy atom. The van der Waals surface area contributed by atoms with E-state index in [0.29, 0.717) is 22.4 Å². The number of esters is 2. The summed E-state index contributed by atoms with van der Waals surface area (Å²) in [5.74, 6) is -0.977. The fourth-order valence-corrected chi connectivity index (χ4v) is 4.95. The summed E-state index contributed by atoms with van der Waals surface area (Å²) in [5, 5.41) is 0. The van der Waals surface area contributed by atoms with Crippen LogP contribution in [0.4, 0.5) is 0 Å². The second-order valence-electron chi connectivity index (χ2n) is 7.79. The normalized spacial score (nSPS) is 32.5. The second kappa shape index (κ2) is 5.98. The number of fused-ring (bicyclic) bond motifs is 2. The minimum atomic E-state index is -0.526. The van der Waals surface area contributed by atoms with Crippen molar-refractivity contribution in [2.75, 3.05) is 6.61 Å². The first kappa shape index (κ1) is 17.1. The number of ether oxygens (including phenoxy) is 3. The summed E-state index contributed by atoms with van der Waals surface area (Å²) in [6, 6.07) is 5.07. The van der Waals surface area contributed by atoms with Gasteiger partial charge in [0.15, 0.2) is 5.58 Å². The highest BCUT2D eigenvalue weighted by Crippen LogP contribution is 2.58. The van der Waals surface area contributed by atoms with Crippen molar-refractivity contribution < 1.29 is 28.2 Å². The average Bonchev–Trinajstić information content (AvgIpc) is 3.34. The molecule has 8 heteroatoms. The van der Waals surface area contributed by atoms with E-state index in [1.807, 2.05) is 0 Å². The van der Waals surface area contributed by atoms with E-state index in [9.17, 15) is 14.4 Å². The van der Waals surface area contributed by atoms with E-state index in [0.717, 1.165) is 6.42 Å². The van der Waals surface area contributed by atoms with E-state index in [1.54, 1.807) is 25.1 Å². The minimum Gasteiger partial charge on any atom is -0.493 e. The molecule has 146 valence electrons. The quantitative estimate of drug-likeness (QED) is 0.617. The Morgan fingerprint density at radius 1 is 1.32 bits per heavy atom. The minimum absolute atomic E-state index is 0.00340. The third kappa shape index (κ3) is 2.47. The summed E-state index contributed by atoms with van der Waals surface area (Å²) >= 11 is 0. The van der Waals surface area contributed by atoms with Gasteiger partial charge in [-0.2, -0.15) is 0 Å². The summed E-state index contributed by atoms with van der Waals surface area (Å²) in [6.45, 7) is 5.50. The van der Waals surface area contributed by atoms with Gasteiger partial charge in [0, 0.05) is 29.4 Å². The van der Waals surface area contributed by atoms with Crippen LogP contribution >= 0.6 is 0 Å². The van der Waals surface area contributed by atoms with Crippen LogP contribution in [0.3, 0.4) is 0 Å². The van der Waals surface area contributed by atoms with Crippen molar-refractivity contribution in [1.82, 2.24) is 4.98 Å². The van der Waals surface area contributed by atoms with Crippen LogP contribution in [0.25, 0.3) is 11.1 Å². The number of rotatable bonds is 5. The van der Waals surface area contributed by atoms with Gasteiger partial charge < -0.3 is 18.6 Å². The van der Waals surface area contributed by atoms with Crippen LogP contribution in [-0.2, 0) is 19.1 Å². The molecule has 6 atom stereocenters. The zero-order valence-corrected chi connectivity index (χ0v) is 15.2. The molecule has 2 saturated carbocycles. The predicted octanol–water partition coefficient (Wildman–Crippen LogP) is 1.80. The Bertz CT molecular complexity index is 1050. The first-order chi connectivity index (χ1) is 13.4. The summed E-state index contributed by atoms with van der Waals surface area (Å²) in [5.41, 5.74) is 1.31. The van der Waals surface area contributed by atoms with Crippen LogP contribution in [-0.4, -0.2) is 35.7 Å². The summed E-state index contributed by atoms with van der Waals surface area (Å²) in [4.78, 5) is 38.2. The number of hydrogen-bond donors (Lipinski definition) is 1. The largest absolute Gasteiger partial charge is 0.493 e. The first-order valence-corrected chi connectivity index (χ1v) is 9.25. The van der Waals surface area contributed by atoms with Crippen molar-refractivity contribution in [2.24, 2.45) is 23.7 Å². The molecule has 5 rings (SSSR count). The summed E-state index contributed by atoms with van der Waals surface area (Å²) in [6.07, 6.45) is -0.0576. The van der Waals surface area contributed by atoms with E-state index in [4.69, 9.17) is 18.6 Å². The lowest BCUT2D eigenvalue weighted by molar-refractivity contribution is -0.158. The van der Waals surface area contributed by atoms with Crippen molar-refractivity contribution in [1.29, 1.82) is 0 Å². The maximum Gasteiger partial charge on any atom is 0.417 e. The van der Waals surface area contributed by atoms with Crippen molar-refractivity contribution in [3.63, 3.8) is 0 Å². The van der Waals surface area contributed by atoms with Crippen LogP contribution < -0.4 is 10.5 Å². The molecule has 1 aliphatic heterocycles. The van der Waals surface area contributed by atoms with Gasteiger partial charge in [-0.1, -0.05) is 6.58 Å². The van der Waals surface area contributed by atoms with Crippen molar-refractivity contribution in [3.8, 4) is 5.75 Å². The summed E-state index contributed by atoms with van der Waals surface area (Å²) < 4.78 is 22.1. The number of nitrogens with one attached hydrogen (secondary N) is 1. The standard InChI is InChI=1S/C20H19NO7/c1-8(2)18(22)27-16-10-6-11-15(19(23)28-17(11)16)12(10)7-25-9-3-4-13-14(5-9)26-20(24)21-13/h3-5,10-12,15-17H,1,6-7H2,2H3,(H,21,24). The number of oxazole rings is 1. The molecule has 2 aliphatic carbocycles. The highest BCUT2D eigenvalue weighted by molar-refractivity contribution is 5.87. The van der Waals surface area contributed by atoms with Gasteiger partial charge >= 0.3 is 17.7 Å². The number of aromatic nitrogens is 1. The van der Waals surface area contributed by atoms with E-state index in [1.165, 1.54) is 0 Å².